The molecule has 0 aliphatic rings. The predicted molar refractivity (Wildman–Crippen MR) is 125 cm³/mol. The Bertz CT molecular complexity index is 1120. The number of nitrogens with one attached hydrogen (secondary N) is 2. The van der Waals surface area contributed by atoms with Crippen LogP contribution in [-0.2, 0) is 4.79 Å². The largest absolute Gasteiger partial charge is 0.494 e. The number of amides is 1. The Balaban J connectivity index is 1.55. The number of methoxy groups -OCH3 is 1. The van der Waals surface area contributed by atoms with Crippen molar-refractivity contribution in [3.63, 3.8) is 0 Å². The second-order valence-electron chi connectivity index (χ2n) is 6.21. The molecule has 0 unspecified atom stereocenters. The maximum atomic E-state index is 13.9. The minimum atomic E-state index is -0.485. The fraction of sp³-hybridized carbons (Fsp3) is 0.150. The number of rotatable bonds is 6. The van der Waals surface area contributed by atoms with Crippen molar-refractivity contribution in [3.8, 4) is 22.8 Å². The van der Waals surface area contributed by atoms with Crippen LogP contribution in [0.2, 0.25) is 10.0 Å². The lowest BCUT2D eigenvalue weighted by Crippen LogP contribution is -2.37. The minimum Gasteiger partial charge on any atom is -0.494 e. The summed E-state index contributed by atoms with van der Waals surface area (Å²) < 4.78 is 24.3. The highest BCUT2D eigenvalue weighted by Gasteiger charge is 2.13. The lowest BCUT2D eigenvalue weighted by atomic mass is 10.1. The molecule has 1 aromatic heterocycles. The summed E-state index contributed by atoms with van der Waals surface area (Å²) in [7, 11) is 1.40. The Labute approximate surface area is 197 Å². The Hall–Kier alpha value is -2.46. The first kappa shape index (κ1) is 23.2. The van der Waals surface area contributed by atoms with Crippen molar-refractivity contribution in [3.05, 3.63) is 57.1 Å². The van der Waals surface area contributed by atoms with Gasteiger partial charge in [0, 0.05) is 16.0 Å². The van der Waals surface area contributed by atoms with Crippen molar-refractivity contribution in [2.45, 2.75) is 6.92 Å². The summed E-state index contributed by atoms with van der Waals surface area (Å²) >= 11 is 18.4. The van der Waals surface area contributed by atoms with Crippen LogP contribution in [0.4, 0.5) is 9.52 Å². The van der Waals surface area contributed by atoms with E-state index in [1.165, 1.54) is 36.6 Å². The molecule has 0 saturated heterocycles. The highest BCUT2D eigenvalue weighted by atomic mass is 35.5. The number of carbonyl (C=O) groups excluding carboxylic acids is 1. The molecule has 1 heterocycles. The summed E-state index contributed by atoms with van der Waals surface area (Å²) in [5.41, 5.74) is 1.84. The van der Waals surface area contributed by atoms with Crippen LogP contribution in [0.15, 0.2) is 35.7 Å². The highest BCUT2D eigenvalue weighted by molar-refractivity contribution is 7.80. The molecule has 1 amide bonds. The van der Waals surface area contributed by atoms with E-state index in [9.17, 15) is 9.18 Å². The Morgan fingerprint density at radius 3 is 2.74 bits per heavy atom. The van der Waals surface area contributed by atoms with Gasteiger partial charge in [-0.1, -0.05) is 23.2 Å². The van der Waals surface area contributed by atoms with Crippen LogP contribution < -0.4 is 20.1 Å². The van der Waals surface area contributed by atoms with Gasteiger partial charge in [-0.05, 0) is 55.0 Å². The summed E-state index contributed by atoms with van der Waals surface area (Å²) in [5.74, 6) is -0.437. The van der Waals surface area contributed by atoms with E-state index in [0.29, 0.717) is 37.7 Å². The van der Waals surface area contributed by atoms with Gasteiger partial charge in [-0.25, -0.2) is 9.37 Å². The number of ether oxygens (including phenoxy) is 2. The molecule has 11 heteroatoms. The molecule has 3 aromatic rings. The van der Waals surface area contributed by atoms with E-state index in [-0.39, 0.29) is 17.5 Å². The number of halogens is 3. The molecule has 0 aliphatic carbocycles. The van der Waals surface area contributed by atoms with Gasteiger partial charge in [0.2, 0.25) is 0 Å². The molecule has 0 aliphatic heterocycles. The molecular weight excluding hydrogens is 484 g/mol. The first-order chi connectivity index (χ1) is 14.8. The van der Waals surface area contributed by atoms with Crippen LogP contribution >= 0.6 is 46.8 Å². The number of anilines is 1. The smallest absolute Gasteiger partial charge is 0.264 e. The maximum Gasteiger partial charge on any atom is 0.264 e. The first-order valence-corrected chi connectivity index (χ1v) is 10.8. The standard InChI is InChI=1S/C20H16Cl2FN3O3S2/c1-10-5-12(21)7-13(22)18(10)29-8-17(27)25-19(30)26-20-24-15(9-31-20)11-3-4-16(28-2)14(23)6-11/h3-7,9H,8H2,1-2H3,(H2,24,25,26,27,30). The molecule has 162 valence electrons. The third kappa shape index (κ3) is 6.04. The first-order valence-electron chi connectivity index (χ1n) is 8.75. The SMILES string of the molecule is COc1ccc(-c2csc(NC(=S)NC(=O)COc3c(C)cc(Cl)cc3Cl)n2)cc1F. The Morgan fingerprint density at radius 1 is 1.29 bits per heavy atom. The van der Waals surface area contributed by atoms with E-state index in [1.54, 1.807) is 24.4 Å². The van der Waals surface area contributed by atoms with E-state index in [1.807, 2.05) is 0 Å². The van der Waals surface area contributed by atoms with Crippen LogP contribution in [0, 0.1) is 12.7 Å². The van der Waals surface area contributed by atoms with Crippen LogP contribution in [0.25, 0.3) is 11.3 Å². The monoisotopic (exact) mass is 499 g/mol. The van der Waals surface area contributed by atoms with Gasteiger partial charge in [-0.15, -0.1) is 11.3 Å². The number of aryl methyl sites for hydroxylation is 1. The normalized spacial score (nSPS) is 10.5. The molecule has 0 radical (unpaired) electrons. The van der Waals surface area contributed by atoms with Crippen molar-refractivity contribution >= 4 is 62.9 Å². The molecular formula is C20H16Cl2FN3O3S2. The summed E-state index contributed by atoms with van der Waals surface area (Å²) in [5, 5.41) is 8.33. The molecule has 0 spiro atoms. The lowest BCUT2D eigenvalue weighted by molar-refractivity contribution is -0.121. The maximum absolute atomic E-state index is 13.9. The summed E-state index contributed by atoms with van der Waals surface area (Å²) in [6, 6.07) is 7.77. The van der Waals surface area contributed by atoms with E-state index >= 15 is 0 Å². The predicted octanol–water partition coefficient (Wildman–Crippen LogP) is 5.47. The van der Waals surface area contributed by atoms with Gasteiger partial charge >= 0.3 is 0 Å². The van der Waals surface area contributed by atoms with Gasteiger partial charge in [0.1, 0.15) is 5.75 Å². The molecule has 0 saturated carbocycles. The zero-order chi connectivity index (χ0) is 22.5. The number of thiazole rings is 1. The topological polar surface area (TPSA) is 72.5 Å². The van der Waals surface area contributed by atoms with Crippen molar-refractivity contribution in [1.82, 2.24) is 10.3 Å². The number of thiocarbonyl (C=S) groups is 1. The lowest BCUT2D eigenvalue weighted by Gasteiger charge is -2.12. The second kappa shape index (κ2) is 10.2. The molecule has 2 N–H and O–H groups in total. The minimum absolute atomic E-state index is 0.0503. The average Bonchev–Trinajstić information content (AvgIpc) is 3.15. The third-order valence-corrected chi connectivity index (χ3v) is 5.43. The van der Waals surface area contributed by atoms with E-state index in [4.69, 9.17) is 44.9 Å². The zero-order valence-electron chi connectivity index (χ0n) is 16.3. The number of aromatic nitrogens is 1. The number of nitrogens with zero attached hydrogens (tertiary/aromatic N) is 1. The number of hydrogen-bond acceptors (Lipinski definition) is 6. The van der Waals surface area contributed by atoms with Crippen molar-refractivity contribution in [1.29, 1.82) is 0 Å². The summed E-state index contributed by atoms with van der Waals surface area (Å²) in [4.78, 5) is 16.5. The Kier molecular flexibility index (Phi) is 7.66. The Morgan fingerprint density at radius 2 is 2.06 bits per heavy atom. The zero-order valence-corrected chi connectivity index (χ0v) is 19.4. The van der Waals surface area contributed by atoms with Gasteiger partial charge in [0.25, 0.3) is 5.91 Å². The van der Waals surface area contributed by atoms with Gasteiger partial charge in [-0.3, -0.25) is 10.1 Å². The quantitative estimate of drug-likeness (QED) is 0.438. The van der Waals surface area contributed by atoms with Crippen LogP contribution in [-0.4, -0.2) is 29.7 Å². The molecule has 3 rings (SSSR count). The summed E-state index contributed by atoms with van der Waals surface area (Å²) in [6.07, 6.45) is 0. The number of hydrogen-bond donors (Lipinski definition) is 2. The van der Waals surface area contributed by atoms with Gasteiger partial charge in [0.15, 0.2) is 28.4 Å². The van der Waals surface area contributed by atoms with E-state index in [0.717, 1.165) is 0 Å². The third-order valence-electron chi connectivity index (χ3n) is 3.97. The van der Waals surface area contributed by atoms with Gasteiger partial charge in [-0.2, -0.15) is 0 Å². The molecule has 0 atom stereocenters. The van der Waals surface area contributed by atoms with Crippen LogP contribution in [0.3, 0.4) is 0 Å². The van der Waals surface area contributed by atoms with Crippen molar-refractivity contribution in [2.24, 2.45) is 0 Å². The van der Waals surface area contributed by atoms with Crippen LogP contribution in [0.5, 0.6) is 11.5 Å². The molecule has 0 bridgehead atoms. The highest BCUT2D eigenvalue weighted by Crippen LogP contribution is 2.32. The van der Waals surface area contributed by atoms with E-state index in [2.05, 4.69) is 15.6 Å². The average molecular weight is 500 g/mol. The fourth-order valence-electron chi connectivity index (χ4n) is 2.59. The van der Waals surface area contributed by atoms with Crippen LogP contribution in [0.1, 0.15) is 5.56 Å². The number of carbonyl (C=O) groups is 1. The molecule has 31 heavy (non-hydrogen) atoms. The van der Waals surface area contributed by atoms with Crippen molar-refractivity contribution in [2.75, 3.05) is 19.0 Å². The fourth-order valence-corrected chi connectivity index (χ4v) is 4.24. The summed E-state index contributed by atoms with van der Waals surface area (Å²) in [6.45, 7) is 1.48. The van der Waals surface area contributed by atoms with Crippen molar-refractivity contribution < 1.29 is 18.7 Å². The molecule has 2 aromatic carbocycles. The van der Waals surface area contributed by atoms with Gasteiger partial charge < -0.3 is 14.8 Å². The van der Waals surface area contributed by atoms with Gasteiger partial charge in [0.05, 0.1) is 17.8 Å². The van der Waals surface area contributed by atoms with E-state index < -0.39 is 11.7 Å². The number of benzene rings is 2. The molecule has 6 nitrogen and oxygen atoms in total. The molecule has 0 fully saturated rings. The second-order valence-corrected chi connectivity index (χ2v) is 8.32.